The third-order valence-corrected chi connectivity index (χ3v) is 2.90. The molecular formula is C15H24N2O. The number of hydrogen-bond acceptors (Lipinski definition) is 2. The van der Waals surface area contributed by atoms with Crippen molar-refractivity contribution in [2.45, 2.75) is 39.2 Å². The Morgan fingerprint density at radius 2 is 1.83 bits per heavy atom. The van der Waals surface area contributed by atoms with Crippen LogP contribution in [0.3, 0.4) is 0 Å². The highest BCUT2D eigenvalue weighted by atomic mass is 16.1. The number of carbonyl (C=O) groups excluding carboxylic acids is 1. The minimum absolute atomic E-state index is 0.0368. The normalized spacial score (nSPS) is 12.4. The van der Waals surface area contributed by atoms with Crippen LogP contribution >= 0.6 is 0 Å². The molecule has 0 bridgehead atoms. The monoisotopic (exact) mass is 248 g/mol. The molecule has 0 fully saturated rings. The molecule has 1 unspecified atom stereocenters. The van der Waals surface area contributed by atoms with Gasteiger partial charge in [-0.15, -0.1) is 0 Å². The first-order valence-corrected chi connectivity index (χ1v) is 6.71. The summed E-state index contributed by atoms with van der Waals surface area (Å²) >= 11 is 0. The van der Waals surface area contributed by atoms with Crippen LogP contribution in [-0.2, 0) is 4.79 Å². The Balaban J connectivity index is 2.43. The number of hydrogen-bond donors (Lipinski definition) is 2. The van der Waals surface area contributed by atoms with E-state index < -0.39 is 0 Å². The standard InChI is InChI=1S/C15H24N2O/c1-4-14(13-8-6-5-7-9-13)15(18)17-11-10-16-12(2)3/h5-9,12,14,16H,4,10-11H2,1-3H3,(H,17,18). The van der Waals surface area contributed by atoms with Crippen molar-refractivity contribution in [3.05, 3.63) is 35.9 Å². The number of rotatable bonds is 7. The van der Waals surface area contributed by atoms with E-state index in [1.807, 2.05) is 37.3 Å². The molecular weight excluding hydrogens is 224 g/mol. The molecule has 0 heterocycles. The van der Waals surface area contributed by atoms with Crippen molar-refractivity contribution in [2.24, 2.45) is 0 Å². The van der Waals surface area contributed by atoms with Crippen molar-refractivity contribution in [3.63, 3.8) is 0 Å². The predicted octanol–water partition coefficient (Wildman–Crippen LogP) is 2.29. The van der Waals surface area contributed by atoms with Gasteiger partial charge in [0.05, 0.1) is 5.92 Å². The molecule has 0 aliphatic heterocycles. The molecule has 0 radical (unpaired) electrons. The molecule has 1 rings (SSSR count). The number of carbonyl (C=O) groups is 1. The third-order valence-electron chi connectivity index (χ3n) is 2.90. The largest absolute Gasteiger partial charge is 0.354 e. The maximum Gasteiger partial charge on any atom is 0.227 e. The quantitative estimate of drug-likeness (QED) is 0.727. The number of amides is 1. The second-order valence-electron chi connectivity index (χ2n) is 4.77. The first-order valence-electron chi connectivity index (χ1n) is 6.71. The van der Waals surface area contributed by atoms with Gasteiger partial charge in [-0.05, 0) is 12.0 Å². The molecule has 3 nitrogen and oxygen atoms in total. The van der Waals surface area contributed by atoms with Crippen molar-refractivity contribution in [1.82, 2.24) is 10.6 Å². The van der Waals surface area contributed by atoms with E-state index in [0.29, 0.717) is 12.6 Å². The lowest BCUT2D eigenvalue weighted by molar-refractivity contribution is -0.122. The molecule has 2 N–H and O–H groups in total. The van der Waals surface area contributed by atoms with Gasteiger partial charge in [0, 0.05) is 19.1 Å². The highest BCUT2D eigenvalue weighted by Crippen LogP contribution is 2.18. The van der Waals surface area contributed by atoms with Gasteiger partial charge >= 0.3 is 0 Å². The average Bonchev–Trinajstić information content (AvgIpc) is 2.36. The zero-order chi connectivity index (χ0) is 13.4. The molecule has 0 saturated carbocycles. The lowest BCUT2D eigenvalue weighted by Crippen LogP contribution is -2.36. The average molecular weight is 248 g/mol. The fraction of sp³-hybridized carbons (Fsp3) is 0.533. The Morgan fingerprint density at radius 1 is 1.17 bits per heavy atom. The zero-order valence-electron chi connectivity index (χ0n) is 11.6. The van der Waals surface area contributed by atoms with Gasteiger partial charge < -0.3 is 10.6 Å². The molecule has 0 aliphatic carbocycles. The van der Waals surface area contributed by atoms with E-state index in [1.54, 1.807) is 0 Å². The van der Waals surface area contributed by atoms with E-state index in [1.165, 1.54) is 0 Å². The van der Waals surface area contributed by atoms with Crippen molar-refractivity contribution in [2.75, 3.05) is 13.1 Å². The first kappa shape index (κ1) is 14.7. The molecule has 0 saturated heterocycles. The molecule has 1 aromatic carbocycles. The topological polar surface area (TPSA) is 41.1 Å². The molecule has 18 heavy (non-hydrogen) atoms. The van der Waals surface area contributed by atoms with Crippen LogP contribution in [0.5, 0.6) is 0 Å². The van der Waals surface area contributed by atoms with Crippen LogP contribution in [0.15, 0.2) is 30.3 Å². The van der Waals surface area contributed by atoms with Gasteiger partial charge in [-0.25, -0.2) is 0 Å². The molecule has 1 atom stereocenters. The number of benzene rings is 1. The SMILES string of the molecule is CCC(C(=O)NCCNC(C)C)c1ccccc1. The van der Waals surface area contributed by atoms with Gasteiger partial charge in [-0.3, -0.25) is 4.79 Å². The van der Waals surface area contributed by atoms with Crippen LogP contribution in [0.25, 0.3) is 0 Å². The van der Waals surface area contributed by atoms with Gasteiger partial charge in [0.15, 0.2) is 0 Å². The molecule has 1 aromatic rings. The van der Waals surface area contributed by atoms with Crippen LogP contribution in [0, 0.1) is 0 Å². The summed E-state index contributed by atoms with van der Waals surface area (Å²) in [5.41, 5.74) is 1.09. The van der Waals surface area contributed by atoms with Crippen LogP contribution in [0.1, 0.15) is 38.7 Å². The Morgan fingerprint density at radius 3 is 2.39 bits per heavy atom. The minimum Gasteiger partial charge on any atom is -0.354 e. The van der Waals surface area contributed by atoms with E-state index >= 15 is 0 Å². The summed E-state index contributed by atoms with van der Waals surface area (Å²) in [5, 5.41) is 6.27. The Kier molecular flexibility index (Phi) is 6.44. The fourth-order valence-electron chi connectivity index (χ4n) is 1.93. The predicted molar refractivity (Wildman–Crippen MR) is 75.6 cm³/mol. The maximum atomic E-state index is 12.1. The highest BCUT2D eigenvalue weighted by Gasteiger charge is 2.17. The summed E-state index contributed by atoms with van der Waals surface area (Å²) < 4.78 is 0. The van der Waals surface area contributed by atoms with Crippen LogP contribution in [0.2, 0.25) is 0 Å². The summed E-state index contributed by atoms with van der Waals surface area (Å²) in [4.78, 5) is 12.1. The van der Waals surface area contributed by atoms with E-state index in [2.05, 4.69) is 24.5 Å². The van der Waals surface area contributed by atoms with Crippen molar-refractivity contribution in [3.8, 4) is 0 Å². The van der Waals surface area contributed by atoms with Crippen molar-refractivity contribution >= 4 is 5.91 Å². The Bertz CT molecular complexity index is 349. The van der Waals surface area contributed by atoms with E-state index in [9.17, 15) is 4.79 Å². The lowest BCUT2D eigenvalue weighted by atomic mass is 9.96. The van der Waals surface area contributed by atoms with Gasteiger partial charge in [-0.2, -0.15) is 0 Å². The Labute approximate surface area is 110 Å². The van der Waals surface area contributed by atoms with E-state index in [0.717, 1.165) is 18.5 Å². The molecule has 0 spiro atoms. The lowest BCUT2D eigenvalue weighted by Gasteiger charge is -2.16. The van der Waals surface area contributed by atoms with Crippen LogP contribution in [-0.4, -0.2) is 25.0 Å². The number of nitrogens with one attached hydrogen (secondary N) is 2. The smallest absolute Gasteiger partial charge is 0.227 e. The third kappa shape index (κ3) is 4.88. The maximum absolute atomic E-state index is 12.1. The molecule has 100 valence electrons. The Hall–Kier alpha value is -1.35. The second-order valence-corrected chi connectivity index (χ2v) is 4.77. The first-order chi connectivity index (χ1) is 8.65. The van der Waals surface area contributed by atoms with E-state index in [-0.39, 0.29) is 11.8 Å². The molecule has 3 heteroatoms. The van der Waals surface area contributed by atoms with Crippen molar-refractivity contribution < 1.29 is 4.79 Å². The molecule has 0 aliphatic rings. The van der Waals surface area contributed by atoms with Gasteiger partial charge in [0.2, 0.25) is 5.91 Å². The molecule has 1 amide bonds. The zero-order valence-corrected chi connectivity index (χ0v) is 11.6. The van der Waals surface area contributed by atoms with Gasteiger partial charge in [-0.1, -0.05) is 51.1 Å². The van der Waals surface area contributed by atoms with Crippen LogP contribution in [0.4, 0.5) is 0 Å². The summed E-state index contributed by atoms with van der Waals surface area (Å²) in [6, 6.07) is 10.4. The highest BCUT2D eigenvalue weighted by molar-refractivity contribution is 5.83. The fourth-order valence-corrected chi connectivity index (χ4v) is 1.93. The summed E-state index contributed by atoms with van der Waals surface area (Å²) in [5.74, 6) is 0.0829. The molecule has 0 aromatic heterocycles. The van der Waals surface area contributed by atoms with Crippen LogP contribution < -0.4 is 10.6 Å². The summed E-state index contributed by atoms with van der Waals surface area (Å²) in [6.45, 7) is 7.74. The van der Waals surface area contributed by atoms with Crippen molar-refractivity contribution in [1.29, 1.82) is 0 Å². The summed E-state index contributed by atoms with van der Waals surface area (Å²) in [6.07, 6.45) is 0.827. The van der Waals surface area contributed by atoms with E-state index in [4.69, 9.17) is 0 Å². The van der Waals surface area contributed by atoms with Gasteiger partial charge in [0.1, 0.15) is 0 Å². The summed E-state index contributed by atoms with van der Waals surface area (Å²) in [7, 11) is 0. The van der Waals surface area contributed by atoms with Gasteiger partial charge in [0.25, 0.3) is 0 Å². The second kappa shape index (κ2) is 7.88. The minimum atomic E-state index is -0.0368.